The Morgan fingerprint density at radius 2 is 2.00 bits per heavy atom. The molecule has 1 heteroatoms. The second-order valence-electron chi connectivity index (χ2n) is 2.13. The monoisotopic (exact) mass is 201 g/mol. The van der Waals surface area contributed by atoms with Crippen molar-refractivity contribution in [2.24, 2.45) is 0 Å². The fraction of sp³-hybridized carbons (Fsp3) is 0.333. The van der Waals surface area contributed by atoms with Crippen molar-refractivity contribution in [1.29, 1.82) is 0 Å². The second-order valence-corrected chi connectivity index (χ2v) is 3.05. The van der Waals surface area contributed by atoms with E-state index in [9.17, 15) is 0 Å². The fourth-order valence-corrected chi connectivity index (χ4v) is 1.06. The van der Waals surface area contributed by atoms with Gasteiger partial charge in [-0.2, -0.15) is 0 Å². The highest BCUT2D eigenvalue weighted by Gasteiger charge is 2.22. The van der Waals surface area contributed by atoms with Gasteiger partial charge in [0, 0.05) is 11.3 Å². The lowest BCUT2D eigenvalue weighted by molar-refractivity contribution is 1.13. The predicted octanol–water partition coefficient (Wildman–Crippen LogP) is 3.33. The van der Waals surface area contributed by atoms with E-state index in [-0.39, 0.29) is 0 Å². The molecule has 1 fully saturated rings. The maximum atomic E-state index is 7.89. The summed E-state index contributed by atoms with van der Waals surface area (Å²) in [5, 5.41) is 0. The molecule has 52 valence electrons. The van der Waals surface area contributed by atoms with Crippen molar-refractivity contribution >= 4 is 15.9 Å². The summed E-state index contributed by atoms with van der Waals surface area (Å²) in [5.74, 6) is -1.78. The molecule has 1 aromatic rings. The van der Waals surface area contributed by atoms with Crippen molar-refractivity contribution in [2.45, 2.75) is 18.6 Å². The van der Waals surface area contributed by atoms with Crippen molar-refractivity contribution in [3.8, 4) is 0 Å². The van der Waals surface area contributed by atoms with Gasteiger partial charge in [-0.25, -0.2) is 0 Å². The Hall–Kier alpha value is -0.300. The fourth-order valence-electron chi connectivity index (χ4n) is 0.792. The van der Waals surface area contributed by atoms with Crippen molar-refractivity contribution in [3.63, 3.8) is 0 Å². The molecule has 0 radical (unpaired) electrons. The Morgan fingerprint density at radius 3 is 2.50 bits per heavy atom. The number of halogens is 1. The molecule has 2 rings (SSSR count). The van der Waals surface area contributed by atoms with E-state index in [4.69, 9.17) is 6.85 Å². The van der Waals surface area contributed by atoms with Gasteiger partial charge in [0.2, 0.25) is 0 Å². The number of benzene rings is 1. The number of rotatable bonds is 1. The van der Waals surface area contributed by atoms with E-state index < -0.39 is 18.6 Å². The molecule has 0 aromatic heterocycles. The summed E-state index contributed by atoms with van der Waals surface area (Å²) >= 11 is 3.24. The van der Waals surface area contributed by atoms with Gasteiger partial charge in [-0.1, -0.05) is 28.1 Å². The summed E-state index contributed by atoms with van der Waals surface area (Å²) in [7, 11) is 0. The Bertz CT molecular complexity index is 383. The van der Waals surface area contributed by atoms with Crippen LogP contribution >= 0.6 is 15.9 Å². The minimum absolute atomic E-state index is 0.376. The first kappa shape index (κ1) is 2.98. The molecule has 1 aliphatic rings. The molecular formula is C9H9Br. The first-order chi connectivity index (χ1) is 6.75. The van der Waals surface area contributed by atoms with Crippen LogP contribution in [0.3, 0.4) is 0 Å². The summed E-state index contributed by atoms with van der Waals surface area (Å²) in [5.41, 5.74) is 0.376. The van der Waals surface area contributed by atoms with Crippen molar-refractivity contribution in [3.05, 3.63) is 34.3 Å². The molecule has 0 saturated heterocycles. The van der Waals surface area contributed by atoms with Crippen LogP contribution in [0.1, 0.15) is 31.1 Å². The highest BCUT2D eigenvalue weighted by atomic mass is 79.9. The predicted molar refractivity (Wildman–Crippen MR) is 46.1 cm³/mol. The third-order valence-corrected chi connectivity index (χ3v) is 1.91. The summed E-state index contributed by atoms with van der Waals surface area (Å²) < 4.78 is 38.7. The van der Waals surface area contributed by atoms with Crippen molar-refractivity contribution in [2.75, 3.05) is 0 Å². The largest absolute Gasteiger partial charge is 0.0576 e. The highest BCUT2D eigenvalue weighted by molar-refractivity contribution is 9.10. The number of hydrogen-bond acceptors (Lipinski definition) is 0. The highest BCUT2D eigenvalue weighted by Crippen LogP contribution is 2.40. The maximum Gasteiger partial charge on any atom is 0.0352 e. The summed E-state index contributed by atoms with van der Waals surface area (Å²) in [6.45, 7) is 0. The van der Waals surface area contributed by atoms with Crippen LogP contribution in [0, 0.1) is 0 Å². The zero-order valence-corrected chi connectivity index (χ0v) is 6.77. The zero-order valence-electron chi connectivity index (χ0n) is 10.2. The van der Waals surface area contributed by atoms with Crippen LogP contribution in [-0.2, 0) is 0 Å². The van der Waals surface area contributed by atoms with E-state index in [1.54, 1.807) is 24.3 Å². The lowest BCUT2D eigenvalue weighted by atomic mass is 10.1. The van der Waals surface area contributed by atoms with Gasteiger partial charge in [0.15, 0.2) is 0 Å². The summed E-state index contributed by atoms with van der Waals surface area (Å²) in [6.07, 6.45) is -4.23. The van der Waals surface area contributed by atoms with Crippen LogP contribution < -0.4 is 0 Å². The Labute approximate surface area is 76.4 Å². The van der Waals surface area contributed by atoms with Crippen LogP contribution in [0.15, 0.2) is 28.7 Å². The van der Waals surface area contributed by atoms with Gasteiger partial charge in [0.25, 0.3) is 0 Å². The molecule has 0 heterocycles. The van der Waals surface area contributed by atoms with Gasteiger partial charge >= 0.3 is 0 Å². The lowest BCUT2D eigenvalue weighted by Crippen LogP contribution is -1.75. The normalized spacial score (nSPS) is 37.9. The van der Waals surface area contributed by atoms with E-state index in [0.29, 0.717) is 5.56 Å². The van der Waals surface area contributed by atoms with E-state index in [0.717, 1.165) is 4.47 Å². The molecule has 1 aromatic carbocycles. The van der Waals surface area contributed by atoms with Gasteiger partial charge in [0.1, 0.15) is 0 Å². The Balaban J connectivity index is 2.46. The molecule has 0 aliphatic heterocycles. The van der Waals surface area contributed by atoms with Crippen molar-refractivity contribution in [1.82, 2.24) is 0 Å². The molecule has 0 spiro atoms. The first-order valence-electron chi connectivity index (χ1n) is 5.51. The van der Waals surface area contributed by atoms with Gasteiger partial charge in [-0.15, -0.1) is 0 Å². The molecule has 0 bridgehead atoms. The van der Waals surface area contributed by atoms with Gasteiger partial charge in [0.05, 0.1) is 0 Å². The lowest BCUT2D eigenvalue weighted by Gasteiger charge is -1.95. The molecule has 1 saturated carbocycles. The minimum Gasteiger partial charge on any atom is -0.0576 e. The summed E-state index contributed by atoms with van der Waals surface area (Å²) in [4.78, 5) is 0. The SMILES string of the molecule is [2H]C1([2H])C([2H])([2H])C1([2H])c1ccc(Br)cc1. The third-order valence-electron chi connectivity index (χ3n) is 1.38. The van der Waals surface area contributed by atoms with E-state index >= 15 is 0 Å². The van der Waals surface area contributed by atoms with E-state index in [1.165, 1.54) is 0 Å². The van der Waals surface area contributed by atoms with E-state index in [2.05, 4.69) is 15.9 Å². The number of hydrogen-bond donors (Lipinski definition) is 0. The quantitative estimate of drug-likeness (QED) is 0.655. The van der Waals surface area contributed by atoms with Crippen LogP contribution in [0.4, 0.5) is 0 Å². The van der Waals surface area contributed by atoms with E-state index in [1.807, 2.05) is 0 Å². The molecule has 10 heavy (non-hydrogen) atoms. The smallest absolute Gasteiger partial charge is 0.0352 e. The molecule has 0 N–H and O–H groups in total. The standard InChI is InChI=1S/C9H9Br/c10-9-5-3-8(4-6-9)7-1-2-7/h3-7H,1-2H2/i1D2,2D2,7D. The molecular weight excluding hydrogens is 188 g/mol. The molecule has 0 unspecified atom stereocenters. The first-order valence-corrected chi connectivity index (χ1v) is 3.80. The molecule has 0 nitrogen and oxygen atoms in total. The van der Waals surface area contributed by atoms with Crippen LogP contribution in [0.5, 0.6) is 0 Å². The topological polar surface area (TPSA) is 0 Å². The van der Waals surface area contributed by atoms with Crippen LogP contribution in [0.2, 0.25) is 0 Å². The minimum atomic E-state index is -2.12. The average Bonchev–Trinajstić information content (AvgIpc) is 2.46. The zero-order chi connectivity index (χ0) is 11.5. The molecule has 0 atom stereocenters. The third kappa shape index (κ3) is 1.24. The van der Waals surface area contributed by atoms with Gasteiger partial charge in [-0.05, 0) is 36.3 Å². The van der Waals surface area contributed by atoms with Gasteiger partial charge < -0.3 is 0 Å². The molecule has 1 aliphatic carbocycles. The van der Waals surface area contributed by atoms with Crippen LogP contribution in [-0.4, -0.2) is 0 Å². The van der Waals surface area contributed by atoms with Crippen LogP contribution in [0.25, 0.3) is 0 Å². The Morgan fingerprint density at radius 1 is 1.40 bits per heavy atom. The average molecular weight is 202 g/mol. The summed E-state index contributed by atoms with van der Waals surface area (Å²) in [6, 6.07) is 6.55. The Kier molecular flexibility index (Phi) is 0.711. The second kappa shape index (κ2) is 2.39. The van der Waals surface area contributed by atoms with Crippen molar-refractivity contribution < 1.29 is 6.85 Å². The maximum absolute atomic E-state index is 7.89. The molecule has 0 amide bonds. The van der Waals surface area contributed by atoms with Gasteiger partial charge in [-0.3, -0.25) is 0 Å².